The predicted molar refractivity (Wildman–Crippen MR) is 77.0 cm³/mol. The predicted octanol–water partition coefficient (Wildman–Crippen LogP) is 2.70. The smallest absolute Gasteiger partial charge is 0.0751 e. The maximum Gasteiger partial charge on any atom is 0.0751 e. The van der Waals surface area contributed by atoms with Gasteiger partial charge in [0.15, 0.2) is 0 Å². The Kier molecular flexibility index (Phi) is 4.68. The van der Waals surface area contributed by atoms with Crippen LogP contribution in [0.3, 0.4) is 0 Å². The summed E-state index contributed by atoms with van der Waals surface area (Å²) >= 11 is 0. The second-order valence-corrected chi connectivity index (χ2v) is 4.70. The van der Waals surface area contributed by atoms with Gasteiger partial charge in [0.25, 0.3) is 0 Å². The van der Waals surface area contributed by atoms with Gasteiger partial charge in [0.05, 0.1) is 11.7 Å². The van der Waals surface area contributed by atoms with E-state index >= 15 is 0 Å². The summed E-state index contributed by atoms with van der Waals surface area (Å²) in [4.78, 5) is 4.18. The van der Waals surface area contributed by atoms with E-state index in [9.17, 15) is 0 Å². The molecule has 1 atom stereocenters. The van der Waals surface area contributed by atoms with Crippen LogP contribution in [0.1, 0.15) is 43.1 Å². The molecule has 19 heavy (non-hydrogen) atoms. The molecule has 0 saturated carbocycles. The summed E-state index contributed by atoms with van der Waals surface area (Å²) in [6.45, 7) is 8.28. The molecule has 102 valence electrons. The lowest BCUT2D eigenvalue weighted by Gasteiger charge is -2.21. The van der Waals surface area contributed by atoms with Crippen molar-refractivity contribution < 1.29 is 0 Å². The summed E-state index contributed by atoms with van der Waals surface area (Å²) in [5.41, 5.74) is 3.70. The van der Waals surface area contributed by atoms with Crippen molar-refractivity contribution in [3.05, 3.63) is 47.5 Å². The molecule has 4 heteroatoms. The van der Waals surface area contributed by atoms with Gasteiger partial charge >= 0.3 is 0 Å². The van der Waals surface area contributed by atoms with Gasteiger partial charge in [-0.2, -0.15) is 5.10 Å². The maximum atomic E-state index is 4.43. The first-order chi connectivity index (χ1) is 9.27. The molecule has 0 spiro atoms. The third-order valence-electron chi connectivity index (χ3n) is 3.26. The van der Waals surface area contributed by atoms with Crippen LogP contribution >= 0.6 is 0 Å². The van der Waals surface area contributed by atoms with E-state index in [4.69, 9.17) is 0 Å². The molecule has 1 unspecified atom stereocenters. The average Bonchev–Trinajstić information content (AvgIpc) is 2.86. The summed E-state index contributed by atoms with van der Waals surface area (Å²) in [5.74, 6) is 0. The van der Waals surface area contributed by atoms with Gasteiger partial charge < -0.3 is 5.32 Å². The fraction of sp³-hybridized carbons (Fsp3) is 0.467. The summed E-state index contributed by atoms with van der Waals surface area (Å²) in [7, 11) is 0. The Balaban J connectivity index is 2.40. The van der Waals surface area contributed by atoms with Crippen LogP contribution in [0.4, 0.5) is 0 Å². The van der Waals surface area contributed by atoms with Gasteiger partial charge in [0.1, 0.15) is 0 Å². The first kappa shape index (κ1) is 13.7. The molecular weight excluding hydrogens is 236 g/mol. The Morgan fingerprint density at radius 3 is 2.79 bits per heavy atom. The Morgan fingerprint density at radius 2 is 2.11 bits per heavy atom. The molecule has 0 aromatic carbocycles. The van der Waals surface area contributed by atoms with E-state index in [1.807, 2.05) is 18.6 Å². The summed E-state index contributed by atoms with van der Waals surface area (Å²) in [6, 6.07) is 4.37. The minimum Gasteiger partial charge on any atom is -0.305 e. The van der Waals surface area contributed by atoms with Crippen molar-refractivity contribution in [1.82, 2.24) is 20.1 Å². The number of nitrogens with one attached hydrogen (secondary N) is 1. The highest BCUT2D eigenvalue weighted by Gasteiger charge is 2.18. The normalized spacial score (nSPS) is 12.6. The second-order valence-electron chi connectivity index (χ2n) is 4.70. The van der Waals surface area contributed by atoms with Crippen molar-refractivity contribution >= 4 is 0 Å². The highest BCUT2D eigenvalue weighted by molar-refractivity contribution is 5.32. The van der Waals surface area contributed by atoms with Crippen LogP contribution in [0.25, 0.3) is 0 Å². The van der Waals surface area contributed by atoms with Crippen LogP contribution in [0.5, 0.6) is 0 Å². The minimum absolute atomic E-state index is 0.182. The molecular formula is C15H22N4. The van der Waals surface area contributed by atoms with Gasteiger partial charge in [0, 0.05) is 25.1 Å². The second kappa shape index (κ2) is 6.48. The number of rotatable bonds is 6. The molecule has 0 bridgehead atoms. The van der Waals surface area contributed by atoms with Gasteiger partial charge in [-0.1, -0.05) is 13.8 Å². The molecule has 0 saturated heterocycles. The minimum atomic E-state index is 0.182. The molecule has 2 heterocycles. The van der Waals surface area contributed by atoms with E-state index in [0.29, 0.717) is 0 Å². The van der Waals surface area contributed by atoms with Crippen molar-refractivity contribution in [2.24, 2.45) is 0 Å². The summed E-state index contributed by atoms with van der Waals surface area (Å²) in [6.07, 6.45) is 6.74. The van der Waals surface area contributed by atoms with Crippen LogP contribution in [-0.4, -0.2) is 21.3 Å². The Labute approximate surface area is 114 Å². The molecule has 0 aliphatic rings. The molecule has 0 aliphatic heterocycles. The molecule has 4 nitrogen and oxygen atoms in total. The first-order valence-corrected chi connectivity index (χ1v) is 6.93. The fourth-order valence-corrected chi connectivity index (χ4v) is 2.37. The monoisotopic (exact) mass is 258 g/mol. The third-order valence-corrected chi connectivity index (χ3v) is 3.26. The van der Waals surface area contributed by atoms with Crippen molar-refractivity contribution in [3.8, 4) is 0 Å². The molecule has 0 amide bonds. The third kappa shape index (κ3) is 3.01. The molecule has 0 radical (unpaired) electrons. The van der Waals surface area contributed by atoms with Crippen LogP contribution in [0, 0.1) is 6.92 Å². The Bertz CT molecular complexity index is 518. The lowest BCUT2D eigenvalue weighted by Crippen LogP contribution is -2.25. The van der Waals surface area contributed by atoms with Crippen molar-refractivity contribution in [2.75, 3.05) is 6.54 Å². The van der Waals surface area contributed by atoms with E-state index in [2.05, 4.69) is 53.0 Å². The molecule has 2 aromatic heterocycles. The number of aryl methyl sites for hydroxylation is 2. The van der Waals surface area contributed by atoms with Gasteiger partial charge in [-0.25, -0.2) is 0 Å². The van der Waals surface area contributed by atoms with Gasteiger partial charge in [-0.15, -0.1) is 0 Å². The van der Waals surface area contributed by atoms with E-state index < -0.39 is 0 Å². The van der Waals surface area contributed by atoms with Crippen LogP contribution in [0.2, 0.25) is 0 Å². The lowest BCUT2D eigenvalue weighted by molar-refractivity contribution is 0.519. The number of nitrogens with zero attached hydrogens (tertiary/aromatic N) is 3. The standard InChI is InChI=1S/C15H22N4/c1-4-10-19-14(7-9-18-19)15(17-5-2)13-6-8-16-11-12(13)3/h6-9,11,15,17H,4-5,10H2,1-3H3. The number of hydrogen-bond acceptors (Lipinski definition) is 3. The largest absolute Gasteiger partial charge is 0.305 e. The topological polar surface area (TPSA) is 42.7 Å². The van der Waals surface area contributed by atoms with E-state index in [1.165, 1.54) is 16.8 Å². The highest BCUT2D eigenvalue weighted by Crippen LogP contribution is 2.24. The molecule has 2 rings (SSSR count). The number of hydrogen-bond donors (Lipinski definition) is 1. The number of pyridine rings is 1. The van der Waals surface area contributed by atoms with Crippen molar-refractivity contribution in [1.29, 1.82) is 0 Å². The zero-order valence-corrected chi connectivity index (χ0v) is 11.9. The fourth-order valence-electron chi connectivity index (χ4n) is 2.37. The Hall–Kier alpha value is -1.68. The van der Waals surface area contributed by atoms with Crippen LogP contribution in [0.15, 0.2) is 30.7 Å². The van der Waals surface area contributed by atoms with Gasteiger partial charge in [0.2, 0.25) is 0 Å². The van der Waals surface area contributed by atoms with E-state index in [1.54, 1.807) is 0 Å². The summed E-state index contributed by atoms with van der Waals surface area (Å²) < 4.78 is 2.09. The van der Waals surface area contributed by atoms with Crippen LogP contribution < -0.4 is 5.32 Å². The van der Waals surface area contributed by atoms with E-state index in [-0.39, 0.29) is 6.04 Å². The van der Waals surface area contributed by atoms with E-state index in [0.717, 1.165) is 19.5 Å². The maximum absolute atomic E-state index is 4.43. The molecule has 1 N–H and O–H groups in total. The quantitative estimate of drug-likeness (QED) is 0.866. The zero-order chi connectivity index (χ0) is 13.7. The molecule has 0 aliphatic carbocycles. The molecule has 0 fully saturated rings. The van der Waals surface area contributed by atoms with Gasteiger partial charge in [-0.05, 0) is 43.1 Å². The Morgan fingerprint density at radius 1 is 1.26 bits per heavy atom. The molecule has 2 aromatic rings. The number of aromatic nitrogens is 3. The first-order valence-electron chi connectivity index (χ1n) is 6.93. The lowest BCUT2D eigenvalue weighted by atomic mass is 10.0. The van der Waals surface area contributed by atoms with Crippen LogP contribution in [-0.2, 0) is 6.54 Å². The zero-order valence-electron chi connectivity index (χ0n) is 11.9. The van der Waals surface area contributed by atoms with Gasteiger partial charge in [-0.3, -0.25) is 9.67 Å². The summed E-state index contributed by atoms with van der Waals surface area (Å²) in [5, 5.41) is 7.98. The highest BCUT2D eigenvalue weighted by atomic mass is 15.3. The van der Waals surface area contributed by atoms with Crippen molar-refractivity contribution in [3.63, 3.8) is 0 Å². The van der Waals surface area contributed by atoms with Crippen molar-refractivity contribution in [2.45, 2.75) is 39.8 Å². The SMILES string of the molecule is CCCn1nccc1C(NCC)c1ccncc1C. The average molecular weight is 258 g/mol.